The molecular formula is C15H23FN2O. The van der Waals surface area contributed by atoms with Gasteiger partial charge in [0.05, 0.1) is 6.10 Å². The van der Waals surface area contributed by atoms with Crippen molar-refractivity contribution in [2.24, 2.45) is 0 Å². The highest BCUT2D eigenvalue weighted by molar-refractivity contribution is 5.57. The fraction of sp³-hybridized carbons (Fsp3) is 0.600. The van der Waals surface area contributed by atoms with Crippen molar-refractivity contribution in [3.05, 3.63) is 29.1 Å². The Bertz CT molecular complexity index is 448. The van der Waals surface area contributed by atoms with Gasteiger partial charge in [-0.25, -0.2) is 4.39 Å². The second kappa shape index (κ2) is 5.88. The van der Waals surface area contributed by atoms with E-state index < -0.39 is 6.10 Å². The number of hydrogen-bond donors (Lipinski definition) is 1. The average Bonchev–Trinajstić information content (AvgIpc) is 2.57. The molecule has 1 aliphatic heterocycles. The molecule has 1 aromatic rings. The summed E-state index contributed by atoms with van der Waals surface area (Å²) in [6, 6.07) is 3.34. The molecule has 1 aliphatic rings. The second-order valence-electron chi connectivity index (χ2n) is 5.48. The van der Waals surface area contributed by atoms with Gasteiger partial charge in [0.25, 0.3) is 0 Å². The van der Waals surface area contributed by atoms with E-state index in [9.17, 15) is 9.50 Å². The monoisotopic (exact) mass is 266 g/mol. The van der Waals surface area contributed by atoms with Crippen LogP contribution in [-0.2, 0) is 0 Å². The smallest absolute Gasteiger partial charge is 0.126 e. The minimum absolute atomic E-state index is 0.244. The molecule has 1 heterocycles. The molecule has 1 fully saturated rings. The first kappa shape index (κ1) is 14.3. The number of hydrogen-bond acceptors (Lipinski definition) is 3. The van der Waals surface area contributed by atoms with Crippen LogP contribution in [0, 0.1) is 12.7 Å². The number of aliphatic hydroxyl groups is 1. The molecule has 1 aromatic carbocycles. The molecule has 0 unspecified atom stereocenters. The Balaban J connectivity index is 2.34. The first-order chi connectivity index (χ1) is 8.99. The van der Waals surface area contributed by atoms with E-state index in [0.717, 1.165) is 38.3 Å². The SMILES string of the molecule is Cc1cc(N2CCCN(C)CC2)c([C@H](C)O)cc1F. The van der Waals surface area contributed by atoms with Crippen molar-refractivity contribution in [2.45, 2.75) is 26.4 Å². The Morgan fingerprint density at radius 3 is 2.63 bits per heavy atom. The first-order valence-electron chi connectivity index (χ1n) is 6.90. The lowest BCUT2D eigenvalue weighted by Crippen LogP contribution is -2.29. The minimum atomic E-state index is -0.647. The van der Waals surface area contributed by atoms with E-state index in [1.165, 1.54) is 6.07 Å². The van der Waals surface area contributed by atoms with Crippen LogP contribution in [-0.4, -0.2) is 43.2 Å². The minimum Gasteiger partial charge on any atom is -0.389 e. The fourth-order valence-corrected chi connectivity index (χ4v) is 2.58. The summed E-state index contributed by atoms with van der Waals surface area (Å²) in [7, 11) is 2.12. The van der Waals surface area contributed by atoms with E-state index in [0.29, 0.717) is 11.1 Å². The Kier molecular flexibility index (Phi) is 4.42. The van der Waals surface area contributed by atoms with Gasteiger partial charge >= 0.3 is 0 Å². The largest absolute Gasteiger partial charge is 0.389 e. The lowest BCUT2D eigenvalue weighted by atomic mass is 10.0. The Morgan fingerprint density at radius 1 is 1.21 bits per heavy atom. The average molecular weight is 266 g/mol. The van der Waals surface area contributed by atoms with Gasteiger partial charge < -0.3 is 14.9 Å². The molecule has 106 valence electrons. The molecule has 1 atom stereocenters. The Hall–Kier alpha value is -1.13. The van der Waals surface area contributed by atoms with Crippen LogP contribution in [0.3, 0.4) is 0 Å². The van der Waals surface area contributed by atoms with Gasteiger partial charge in [-0.1, -0.05) is 0 Å². The maximum atomic E-state index is 13.7. The van der Waals surface area contributed by atoms with Crippen molar-refractivity contribution in [3.63, 3.8) is 0 Å². The summed E-state index contributed by atoms with van der Waals surface area (Å²) in [5.41, 5.74) is 2.30. The molecule has 0 amide bonds. The predicted molar refractivity (Wildman–Crippen MR) is 76.1 cm³/mol. The maximum Gasteiger partial charge on any atom is 0.126 e. The summed E-state index contributed by atoms with van der Waals surface area (Å²) in [6.45, 7) is 7.42. The third kappa shape index (κ3) is 3.25. The van der Waals surface area contributed by atoms with Gasteiger partial charge in [-0.15, -0.1) is 0 Å². The standard InChI is InChI=1S/C15H23FN2O/c1-11-9-15(13(12(2)19)10-14(11)16)18-6-4-5-17(3)7-8-18/h9-10,12,19H,4-8H2,1-3H3/t12-/m0/s1. The third-order valence-electron chi connectivity index (χ3n) is 3.82. The zero-order chi connectivity index (χ0) is 14.0. The van der Waals surface area contributed by atoms with E-state index in [4.69, 9.17) is 0 Å². The first-order valence-corrected chi connectivity index (χ1v) is 6.90. The molecule has 19 heavy (non-hydrogen) atoms. The van der Waals surface area contributed by atoms with E-state index >= 15 is 0 Å². The zero-order valence-corrected chi connectivity index (χ0v) is 12.0. The lowest BCUT2D eigenvalue weighted by Gasteiger charge is -2.27. The summed E-state index contributed by atoms with van der Waals surface area (Å²) in [4.78, 5) is 4.57. The van der Waals surface area contributed by atoms with Crippen LogP contribution in [0.15, 0.2) is 12.1 Å². The lowest BCUT2D eigenvalue weighted by molar-refractivity contribution is 0.199. The van der Waals surface area contributed by atoms with Crippen LogP contribution < -0.4 is 4.90 Å². The van der Waals surface area contributed by atoms with E-state index in [1.54, 1.807) is 13.8 Å². The van der Waals surface area contributed by atoms with E-state index in [2.05, 4.69) is 16.8 Å². The molecule has 0 spiro atoms. The van der Waals surface area contributed by atoms with E-state index in [-0.39, 0.29) is 5.82 Å². The van der Waals surface area contributed by atoms with Crippen LogP contribution in [0.4, 0.5) is 10.1 Å². The molecule has 3 nitrogen and oxygen atoms in total. The van der Waals surface area contributed by atoms with Crippen LogP contribution in [0.2, 0.25) is 0 Å². The van der Waals surface area contributed by atoms with Crippen LogP contribution in [0.5, 0.6) is 0 Å². The number of benzene rings is 1. The molecule has 1 saturated heterocycles. The quantitative estimate of drug-likeness (QED) is 0.890. The van der Waals surface area contributed by atoms with Crippen molar-refractivity contribution >= 4 is 5.69 Å². The van der Waals surface area contributed by atoms with Crippen molar-refractivity contribution in [1.82, 2.24) is 4.90 Å². The Morgan fingerprint density at radius 2 is 1.95 bits per heavy atom. The van der Waals surface area contributed by atoms with E-state index in [1.807, 2.05) is 6.07 Å². The second-order valence-corrected chi connectivity index (χ2v) is 5.48. The molecule has 4 heteroatoms. The number of aryl methyl sites for hydroxylation is 1. The highest BCUT2D eigenvalue weighted by Crippen LogP contribution is 2.30. The molecular weight excluding hydrogens is 243 g/mol. The normalized spacial score (nSPS) is 19.3. The molecule has 0 aliphatic carbocycles. The number of nitrogens with zero attached hydrogens (tertiary/aromatic N) is 2. The number of halogens is 1. The molecule has 0 bridgehead atoms. The van der Waals surface area contributed by atoms with Crippen LogP contribution >= 0.6 is 0 Å². The predicted octanol–water partition coefficient (Wildman–Crippen LogP) is 2.33. The zero-order valence-electron chi connectivity index (χ0n) is 12.0. The molecule has 0 aromatic heterocycles. The van der Waals surface area contributed by atoms with Gasteiger partial charge in [0.1, 0.15) is 5.82 Å². The number of likely N-dealkylation sites (N-methyl/N-ethyl adjacent to an activating group) is 1. The third-order valence-corrected chi connectivity index (χ3v) is 3.82. The van der Waals surface area contributed by atoms with Gasteiger partial charge in [-0.2, -0.15) is 0 Å². The topological polar surface area (TPSA) is 26.7 Å². The molecule has 2 rings (SSSR count). The summed E-state index contributed by atoms with van der Waals surface area (Å²) >= 11 is 0. The number of aliphatic hydroxyl groups excluding tert-OH is 1. The summed E-state index contributed by atoms with van der Waals surface area (Å²) in [6.07, 6.45) is 0.442. The van der Waals surface area contributed by atoms with Gasteiger partial charge in [-0.05, 0) is 51.6 Å². The maximum absolute atomic E-state index is 13.7. The van der Waals surface area contributed by atoms with Crippen molar-refractivity contribution in [1.29, 1.82) is 0 Å². The highest BCUT2D eigenvalue weighted by atomic mass is 19.1. The molecule has 0 saturated carbocycles. The fourth-order valence-electron chi connectivity index (χ4n) is 2.58. The molecule has 1 N–H and O–H groups in total. The van der Waals surface area contributed by atoms with Crippen molar-refractivity contribution < 1.29 is 9.50 Å². The molecule has 0 radical (unpaired) electrons. The highest BCUT2D eigenvalue weighted by Gasteiger charge is 2.19. The number of rotatable bonds is 2. The van der Waals surface area contributed by atoms with Gasteiger partial charge in [0.2, 0.25) is 0 Å². The summed E-state index contributed by atoms with van der Waals surface area (Å²) in [5.74, 6) is -0.244. The van der Waals surface area contributed by atoms with Gasteiger partial charge in [0, 0.05) is 30.9 Å². The van der Waals surface area contributed by atoms with Crippen LogP contribution in [0.1, 0.15) is 30.6 Å². The summed E-state index contributed by atoms with van der Waals surface area (Å²) < 4.78 is 13.7. The Labute approximate surface area is 114 Å². The van der Waals surface area contributed by atoms with Crippen LogP contribution in [0.25, 0.3) is 0 Å². The number of anilines is 1. The van der Waals surface area contributed by atoms with Gasteiger partial charge in [-0.3, -0.25) is 0 Å². The van der Waals surface area contributed by atoms with Crippen molar-refractivity contribution in [2.75, 3.05) is 38.1 Å². The van der Waals surface area contributed by atoms with Crippen molar-refractivity contribution in [3.8, 4) is 0 Å². The van der Waals surface area contributed by atoms with Gasteiger partial charge in [0.15, 0.2) is 0 Å². The summed E-state index contributed by atoms with van der Waals surface area (Å²) in [5, 5.41) is 9.87.